The summed E-state index contributed by atoms with van der Waals surface area (Å²) in [6, 6.07) is 9.23. The second-order valence-electron chi connectivity index (χ2n) is 4.62. The van der Waals surface area contributed by atoms with Crippen molar-refractivity contribution in [1.29, 1.82) is 0 Å². The summed E-state index contributed by atoms with van der Waals surface area (Å²) in [5.41, 5.74) is 1.93. The normalized spacial score (nSPS) is 11.2. The van der Waals surface area contributed by atoms with E-state index in [2.05, 4.69) is 27.6 Å². The molecule has 2 nitrogen and oxygen atoms in total. The standard InChI is InChI=1S/C15H10ClF2IN2/c16-7-15-20-13-6-11(19)2-4-14(13)21(15)8-9-5-10(17)1-3-12(9)18/h1-6H,7-8H2. The van der Waals surface area contributed by atoms with E-state index in [9.17, 15) is 8.78 Å². The second-order valence-corrected chi connectivity index (χ2v) is 6.13. The van der Waals surface area contributed by atoms with Crippen molar-refractivity contribution in [3.8, 4) is 0 Å². The first kappa shape index (κ1) is 14.7. The van der Waals surface area contributed by atoms with Crippen LogP contribution >= 0.6 is 34.2 Å². The van der Waals surface area contributed by atoms with Gasteiger partial charge in [-0.1, -0.05) is 0 Å². The van der Waals surface area contributed by atoms with Crippen LogP contribution in [0.1, 0.15) is 11.4 Å². The molecule has 0 atom stereocenters. The van der Waals surface area contributed by atoms with Crippen LogP contribution in [0.2, 0.25) is 0 Å². The Balaban J connectivity index is 2.13. The van der Waals surface area contributed by atoms with Crippen LogP contribution in [0.15, 0.2) is 36.4 Å². The number of imidazole rings is 1. The van der Waals surface area contributed by atoms with Crippen LogP contribution in [0.3, 0.4) is 0 Å². The maximum absolute atomic E-state index is 13.8. The molecule has 0 saturated heterocycles. The molecule has 0 radical (unpaired) electrons. The smallest absolute Gasteiger partial charge is 0.128 e. The van der Waals surface area contributed by atoms with Crippen molar-refractivity contribution in [2.45, 2.75) is 12.4 Å². The van der Waals surface area contributed by atoms with Gasteiger partial charge < -0.3 is 4.57 Å². The Morgan fingerprint density at radius 3 is 2.71 bits per heavy atom. The van der Waals surface area contributed by atoms with Crippen molar-refractivity contribution in [3.05, 3.63) is 63.0 Å². The zero-order chi connectivity index (χ0) is 15.0. The van der Waals surface area contributed by atoms with Crippen LogP contribution in [-0.4, -0.2) is 9.55 Å². The molecule has 0 aliphatic carbocycles. The zero-order valence-corrected chi connectivity index (χ0v) is 13.7. The summed E-state index contributed by atoms with van der Waals surface area (Å²) in [5.74, 6) is -0.0539. The lowest BCUT2D eigenvalue weighted by Crippen LogP contribution is -2.06. The fourth-order valence-electron chi connectivity index (χ4n) is 2.27. The zero-order valence-electron chi connectivity index (χ0n) is 10.8. The third-order valence-electron chi connectivity index (χ3n) is 3.25. The van der Waals surface area contributed by atoms with Crippen LogP contribution < -0.4 is 0 Å². The highest BCUT2D eigenvalue weighted by molar-refractivity contribution is 14.1. The van der Waals surface area contributed by atoms with E-state index in [1.54, 1.807) is 0 Å². The summed E-state index contributed by atoms with van der Waals surface area (Å²) in [4.78, 5) is 4.45. The largest absolute Gasteiger partial charge is 0.322 e. The molecule has 0 aliphatic rings. The molecule has 0 saturated carbocycles. The lowest BCUT2D eigenvalue weighted by Gasteiger charge is -2.09. The first-order chi connectivity index (χ1) is 10.1. The van der Waals surface area contributed by atoms with Gasteiger partial charge in [-0.25, -0.2) is 13.8 Å². The highest BCUT2D eigenvalue weighted by Crippen LogP contribution is 2.22. The Morgan fingerprint density at radius 1 is 1.14 bits per heavy atom. The van der Waals surface area contributed by atoms with Crippen LogP contribution in [0.4, 0.5) is 8.78 Å². The number of rotatable bonds is 3. The molecule has 0 amide bonds. The number of fused-ring (bicyclic) bond motifs is 1. The predicted octanol–water partition coefficient (Wildman–Crippen LogP) is 4.71. The lowest BCUT2D eigenvalue weighted by atomic mass is 10.2. The van der Waals surface area contributed by atoms with Gasteiger partial charge in [-0.2, -0.15) is 0 Å². The van der Waals surface area contributed by atoms with Crippen LogP contribution in [0.25, 0.3) is 11.0 Å². The summed E-state index contributed by atoms with van der Waals surface area (Å²) in [5, 5.41) is 0. The Hall–Kier alpha value is -1.21. The molecule has 0 aliphatic heterocycles. The van der Waals surface area contributed by atoms with E-state index in [0.717, 1.165) is 26.7 Å². The van der Waals surface area contributed by atoms with E-state index in [0.29, 0.717) is 5.82 Å². The molecule has 0 N–H and O–H groups in total. The highest BCUT2D eigenvalue weighted by Gasteiger charge is 2.13. The summed E-state index contributed by atoms with van der Waals surface area (Å²) >= 11 is 8.13. The van der Waals surface area contributed by atoms with Crippen LogP contribution in [0, 0.1) is 15.2 Å². The Bertz CT molecular complexity index is 817. The van der Waals surface area contributed by atoms with E-state index >= 15 is 0 Å². The first-order valence-electron chi connectivity index (χ1n) is 6.23. The molecule has 108 valence electrons. The van der Waals surface area contributed by atoms with Gasteiger partial charge in [-0.05, 0) is 59.0 Å². The van der Waals surface area contributed by atoms with Gasteiger partial charge in [0, 0.05) is 9.13 Å². The maximum Gasteiger partial charge on any atom is 0.128 e. The molecule has 3 aromatic rings. The summed E-state index contributed by atoms with van der Waals surface area (Å²) in [7, 11) is 0. The highest BCUT2D eigenvalue weighted by atomic mass is 127. The van der Waals surface area contributed by atoms with E-state index < -0.39 is 11.6 Å². The van der Waals surface area contributed by atoms with E-state index in [1.165, 1.54) is 6.07 Å². The molecule has 1 heterocycles. The number of benzene rings is 2. The summed E-state index contributed by atoms with van der Waals surface area (Å²) < 4.78 is 30.0. The van der Waals surface area contributed by atoms with Crippen LogP contribution in [0.5, 0.6) is 0 Å². The minimum absolute atomic E-state index is 0.197. The van der Waals surface area contributed by atoms with Gasteiger partial charge in [0.15, 0.2) is 0 Å². The van der Waals surface area contributed by atoms with Gasteiger partial charge in [0.05, 0.1) is 23.5 Å². The number of nitrogens with zero attached hydrogens (tertiary/aromatic N) is 2. The number of halogens is 4. The first-order valence-corrected chi connectivity index (χ1v) is 7.84. The monoisotopic (exact) mass is 418 g/mol. The average molecular weight is 419 g/mol. The van der Waals surface area contributed by atoms with Crippen molar-refractivity contribution in [2.24, 2.45) is 0 Å². The minimum Gasteiger partial charge on any atom is -0.322 e. The Morgan fingerprint density at radius 2 is 1.95 bits per heavy atom. The number of aromatic nitrogens is 2. The van der Waals surface area contributed by atoms with Gasteiger partial charge in [0.1, 0.15) is 17.5 Å². The third kappa shape index (κ3) is 2.89. The molecule has 3 rings (SSSR count). The number of alkyl halides is 1. The Kier molecular flexibility index (Phi) is 4.12. The van der Waals surface area contributed by atoms with Crippen molar-refractivity contribution < 1.29 is 8.78 Å². The molecular formula is C15H10ClF2IN2. The fourth-order valence-corrected chi connectivity index (χ4v) is 2.94. The molecule has 0 fully saturated rings. The SMILES string of the molecule is Fc1ccc(F)c(Cn2c(CCl)nc3cc(I)ccc32)c1. The third-order valence-corrected chi connectivity index (χ3v) is 4.16. The van der Waals surface area contributed by atoms with Crippen LogP contribution in [-0.2, 0) is 12.4 Å². The molecular weight excluding hydrogens is 409 g/mol. The molecule has 2 aromatic carbocycles. The average Bonchev–Trinajstić information content (AvgIpc) is 2.80. The van der Waals surface area contributed by atoms with E-state index in [-0.39, 0.29) is 18.0 Å². The number of hydrogen-bond donors (Lipinski definition) is 0. The molecule has 0 bridgehead atoms. The quantitative estimate of drug-likeness (QED) is 0.445. The summed E-state index contributed by atoms with van der Waals surface area (Å²) in [6.07, 6.45) is 0. The molecule has 0 spiro atoms. The number of hydrogen-bond acceptors (Lipinski definition) is 1. The van der Waals surface area contributed by atoms with Crippen molar-refractivity contribution in [1.82, 2.24) is 9.55 Å². The summed E-state index contributed by atoms with van der Waals surface area (Å²) in [6.45, 7) is 0.197. The van der Waals surface area contributed by atoms with Gasteiger partial charge in [0.2, 0.25) is 0 Å². The Labute approximate surface area is 138 Å². The fraction of sp³-hybridized carbons (Fsp3) is 0.133. The molecule has 21 heavy (non-hydrogen) atoms. The predicted molar refractivity (Wildman–Crippen MR) is 87.5 cm³/mol. The van der Waals surface area contributed by atoms with Gasteiger partial charge in [-0.3, -0.25) is 0 Å². The minimum atomic E-state index is -0.460. The van der Waals surface area contributed by atoms with Gasteiger partial charge >= 0.3 is 0 Å². The molecule has 1 aromatic heterocycles. The maximum atomic E-state index is 13.8. The van der Waals surface area contributed by atoms with E-state index in [1.807, 2.05) is 22.8 Å². The molecule has 6 heteroatoms. The lowest BCUT2D eigenvalue weighted by molar-refractivity contribution is 0.577. The van der Waals surface area contributed by atoms with Crippen molar-refractivity contribution in [3.63, 3.8) is 0 Å². The molecule has 0 unspecified atom stereocenters. The van der Waals surface area contributed by atoms with E-state index in [4.69, 9.17) is 11.6 Å². The van der Waals surface area contributed by atoms with Gasteiger partial charge in [-0.15, -0.1) is 11.6 Å². The second kappa shape index (κ2) is 5.88. The van der Waals surface area contributed by atoms with Crippen molar-refractivity contribution in [2.75, 3.05) is 0 Å². The van der Waals surface area contributed by atoms with Crippen molar-refractivity contribution >= 4 is 45.2 Å². The van der Waals surface area contributed by atoms with Gasteiger partial charge in [0.25, 0.3) is 0 Å². The topological polar surface area (TPSA) is 17.8 Å².